The molecular formula is C22H30O2. The lowest BCUT2D eigenvalue weighted by atomic mass is 9.88. The van der Waals surface area contributed by atoms with Crippen LogP contribution in [0.15, 0.2) is 24.3 Å². The van der Waals surface area contributed by atoms with Crippen LogP contribution in [-0.2, 0) is 0 Å². The topological polar surface area (TPSA) is 40.5 Å². The predicted octanol–water partition coefficient (Wildman–Crippen LogP) is 6.41. The standard InChI is InChI=1S/C22H30O2/c1-7-13(3)19-11-17(9-15(5)21(19)23)18-10-16(6)22(24)20(12-18)14(4)8-2/h9-14,23-24H,7-8H2,1-6H3. The van der Waals surface area contributed by atoms with Gasteiger partial charge in [-0.05, 0) is 96.2 Å². The summed E-state index contributed by atoms with van der Waals surface area (Å²) in [5.74, 6) is 1.45. The third-order valence-corrected chi connectivity index (χ3v) is 5.28. The molecule has 2 atom stereocenters. The molecule has 130 valence electrons. The van der Waals surface area contributed by atoms with Crippen LogP contribution in [0.4, 0.5) is 0 Å². The second-order valence-corrected chi connectivity index (χ2v) is 7.08. The number of aryl methyl sites for hydroxylation is 2. The van der Waals surface area contributed by atoms with Crippen molar-refractivity contribution in [2.24, 2.45) is 0 Å². The van der Waals surface area contributed by atoms with Gasteiger partial charge in [0.15, 0.2) is 0 Å². The van der Waals surface area contributed by atoms with Crippen molar-refractivity contribution in [3.8, 4) is 22.6 Å². The first kappa shape index (κ1) is 18.4. The molecule has 0 aliphatic rings. The summed E-state index contributed by atoms with van der Waals surface area (Å²) in [7, 11) is 0. The zero-order chi connectivity index (χ0) is 18.0. The first-order valence-electron chi connectivity index (χ1n) is 8.97. The SMILES string of the molecule is CCC(C)c1cc(-c2cc(C)c(O)c(C(C)CC)c2)cc(C)c1O. The molecule has 0 saturated carbocycles. The van der Waals surface area contributed by atoms with Gasteiger partial charge >= 0.3 is 0 Å². The molecule has 0 bridgehead atoms. The summed E-state index contributed by atoms with van der Waals surface area (Å²) < 4.78 is 0. The summed E-state index contributed by atoms with van der Waals surface area (Å²) in [6.45, 7) is 12.5. The predicted molar refractivity (Wildman–Crippen MR) is 102 cm³/mol. The molecule has 2 aromatic rings. The van der Waals surface area contributed by atoms with Crippen LogP contribution < -0.4 is 0 Å². The largest absolute Gasteiger partial charge is 0.507 e. The Bertz CT molecular complexity index is 668. The maximum absolute atomic E-state index is 10.4. The van der Waals surface area contributed by atoms with E-state index in [4.69, 9.17) is 0 Å². The van der Waals surface area contributed by atoms with Crippen LogP contribution in [0.3, 0.4) is 0 Å². The minimum absolute atomic E-state index is 0.316. The highest BCUT2D eigenvalue weighted by atomic mass is 16.3. The Morgan fingerprint density at radius 1 is 0.708 bits per heavy atom. The van der Waals surface area contributed by atoms with Gasteiger partial charge in [-0.1, -0.05) is 27.7 Å². The molecule has 2 N–H and O–H groups in total. The molecule has 24 heavy (non-hydrogen) atoms. The molecule has 0 saturated heterocycles. The lowest BCUT2D eigenvalue weighted by molar-refractivity contribution is 0.457. The van der Waals surface area contributed by atoms with Gasteiger partial charge in [-0.3, -0.25) is 0 Å². The Morgan fingerprint density at radius 3 is 1.33 bits per heavy atom. The Balaban J connectivity index is 2.64. The lowest BCUT2D eigenvalue weighted by Crippen LogP contribution is -1.97. The van der Waals surface area contributed by atoms with Gasteiger partial charge in [0.25, 0.3) is 0 Å². The zero-order valence-electron chi connectivity index (χ0n) is 15.8. The van der Waals surface area contributed by atoms with Crippen LogP contribution in [0.1, 0.15) is 74.6 Å². The first-order valence-corrected chi connectivity index (χ1v) is 8.97. The molecule has 0 aromatic heterocycles. The molecular weight excluding hydrogens is 296 g/mol. The number of phenolic OH excluding ortho intramolecular Hbond substituents is 2. The average Bonchev–Trinajstić information content (AvgIpc) is 2.57. The fourth-order valence-electron chi connectivity index (χ4n) is 3.14. The van der Waals surface area contributed by atoms with Crippen LogP contribution in [0.5, 0.6) is 11.5 Å². The zero-order valence-corrected chi connectivity index (χ0v) is 15.8. The molecule has 0 aliphatic heterocycles. The fraction of sp³-hybridized carbons (Fsp3) is 0.455. The van der Waals surface area contributed by atoms with Gasteiger partial charge in [0.2, 0.25) is 0 Å². The summed E-state index contributed by atoms with van der Waals surface area (Å²) in [5.41, 5.74) is 6.02. The van der Waals surface area contributed by atoms with Gasteiger partial charge in [-0.25, -0.2) is 0 Å². The monoisotopic (exact) mass is 326 g/mol. The number of phenols is 2. The highest BCUT2D eigenvalue weighted by Gasteiger charge is 2.16. The van der Waals surface area contributed by atoms with E-state index in [1.807, 2.05) is 26.0 Å². The number of benzene rings is 2. The van der Waals surface area contributed by atoms with E-state index in [1.165, 1.54) is 0 Å². The minimum atomic E-state index is 0.316. The Kier molecular flexibility index (Phi) is 5.58. The summed E-state index contributed by atoms with van der Waals surface area (Å²) >= 11 is 0. The molecule has 0 fully saturated rings. The van der Waals surface area contributed by atoms with Crippen LogP contribution in [-0.4, -0.2) is 10.2 Å². The number of hydrogen-bond donors (Lipinski definition) is 2. The summed E-state index contributed by atoms with van der Waals surface area (Å²) in [6, 6.07) is 8.27. The highest BCUT2D eigenvalue weighted by molar-refractivity contribution is 5.71. The molecule has 0 radical (unpaired) electrons. The Hall–Kier alpha value is -1.96. The van der Waals surface area contributed by atoms with Crippen molar-refractivity contribution < 1.29 is 10.2 Å². The number of hydrogen-bond acceptors (Lipinski definition) is 2. The average molecular weight is 326 g/mol. The molecule has 2 nitrogen and oxygen atoms in total. The van der Waals surface area contributed by atoms with E-state index in [9.17, 15) is 10.2 Å². The van der Waals surface area contributed by atoms with Crippen LogP contribution in [0.2, 0.25) is 0 Å². The van der Waals surface area contributed by atoms with E-state index in [1.54, 1.807) is 0 Å². The van der Waals surface area contributed by atoms with E-state index in [2.05, 4.69) is 39.8 Å². The first-order chi connectivity index (χ1) is 11.3. The van der Waals surface area contributed by atoms with Crippen LogP contribution in [0, 0.1) is 13.8 Å². The smallest absolute Gasteiger partial charge is 0.121 e. The van der Waals surface area contributed by atoms with E-state index in [0.29, 0.717) is 23.3 Å². The quantitative estimate of drug-likeness (QED) is 0.666. The third kappa shape index (κ3) is 3.43. The maximum Gasteiger partial charge on any atom is 0.121 e. The van der Waals surface area contributed by atoms with Crippen molar-refractivity contribution in [3.63, 3.8) is 0 Å². The van der Waals surface area contributed by atoms with Gasteiger partial charge < -0.3 is 10.2 Å². The molecule has 2 unspecified atom stereocenters. The van der Waals surface area contributed by atoms with Crippen molar-refractivity contribution in [3.05, 3.63) is 46.5 Å². The summed E-state index contributed by atoms with van der Waals surface area (Å²) in [4.78, 5) is 0. The van der Waals surface area contributed by atoms with E-state index in [-0.39, 0.29) is 0 Å². The van der Waals surface area contributed by atoms with Gasteiger partial charge in [-0.15, -0.1) is 0 Å². The van der Waals surface area contributed by atoms with Crippen molar-refractivity contribution in [1.82, 2.24) is 0 Å². The van der Waals surface area contributed by atoms with Crippen LogP contribution in [0.25, 0.3) is 11.1 Å². The molecule has 0 spiro atoms. The van der Waals surface area contributed by atoms with Crippen molar-refractivity contribution in [1.29, 1.82) is 0 Å². The molecule has 2 heteroatoms. The molecule has 0 aliphatic carbocycles. The highest BCUT2D eigenvalue weighted by Crippen LogP contribution is 2.39. The summed E-state index contributed by atoms with van der Waals surface area (Å²) in [6.07, 6.45) is 1.98. The van der Waals surface area contributed by atoms with Crippen molar-refractivity contribution in [2.45, 2.75) is 66.2 Å². The van der Waals surface area contributed by atoms with Crippen molar-refractivity contribution in [2.75, 3.05) is 0 Å². The normalized spacial score (nSPS) is 13.8. The van der Waals surface area contributed by atoms with Gasteiger partial charge in [-0.2, -0.15) is 0 Å². The summed E-state index contributed by atoms with van der Waals surface area (Å²) in [5, 5.41) is 20.8. The van der Waals surface area contributed by atoms with Crippen LogP contribution >= 0.6 is 0 Å². The molecule has 0 amide bonds. The Morgan fingerprint density at radius 2 is 1.04 bits per heavy atom. The third-order valence-electron chi connectivity index (χ3n) is 5.28. The fourth-order valence-corrected chi connectivity index (χ4v) is 3.14. The second-order valence-electron chi connectivity index (χ2n) is 7.08. The van der Waals surface area contributed by atoms with E-state index < -0.39 is 0 Å². The van der Waals surface area contributed by atoms with E-state index >= 15 is 0 Å². The molecule has 0 heterocycles. The van der Waals surface area contributed by atoms with Gasteiger partial charge in [0, 0.05) is 0 Å². The minimum Gasteiger partial charge on any atom is -0.507 e. The number of rotatable bonds is 5. The molecule has 2 aromatic carbocycles. The lowest BCUT2D eigenvalue weighted by Gasteiger charge is -2.18. The van der Waals surface area contributed by atoms with Gasteiger partial charge in [0.05, 0.1) is 0 Å². The van der Waals surface area contributed by atoms with E-state index in [0.717, 1.165) is 46.2 Å². The van der Waals surface area contributed by atoms with Crippen molar-refractivity contribution >= 4 is 0 Å². The maximum atomic E-state index is 10.4. The number of aromatic hydroxyl groups is 2. The molecule has 2 rings (SSSR count). The second kappa shape index (κ2) is 7.29. The van der Waals surface area contributed by atoms with Gasteiger partial charge in [0.1, 0.15) is 11.5 Å². The Labute approximate surface area is 146 Å².